The summed E-state index contributed by atoms with van der Waals surface area (Å²) in [4.78, 5) is 29.1. The summed E-state index contributed by atoms with van der Waals surface area (Å²) in [5.41, 5.74) is 0.906. The van der Waals surface area contributed by atoms with Gasteiger partial charge in [-0.1, -0.05) is 18.9 Å². The molecular formula is C15H21N3O3. The molecule has 0 aromatic carbocycles. The number of aromatic nitrogens is 1. The van der Waals surface area contributed by atoms with Crippen LogP contribution in [0.5, 0.6) is 0 Å². The average molecular weight is 291 g/mol. The van der Waals surface area contributed by atoms with E-state index in [0.717, 1.165) is 25.0 Å². The zero-order chi connectivity index (χ0) is 15.1. The molecule has 2 N–H and O–H groups in total. The molecule has 0 spiro atoms. The highest BCUT2D eigenvalue weighted by Gasteiger charge is 2.30. The fraction of sp³-hybridized carbons (Fsp3) is 0.533. The molecule has 2 rings (SSSR count). The van der Waals surface area contributed by atoms with Crippen molar-refractivity contribution >= 4 is 12.0 Å². The van der Waals surface area contributed by atoms with Gasteiger partial charge in [0.1, 0.15) is 6.04 Å². The van der Waals surface area contributed by atoms with Crippen molar-refractivity contribution in [3.63, 3.8) is 0 Å². The number of hydrogen-bond donors (Lipinski definition) is 2. The Bertz CT molecular complexity index is 478. The third-order valence-electron chi connectivity index (χ3n) is 3.68. The highest BCUT2D eigenvalue weighted by atomic mass is 16.4. The molecular weight excluding hydrogens is 270 g/mol. The summed E-state index contributed by atoms with van der Waals surface area (Å²) in [5, 5.41) is 12.1. The molecule has 6 nitrogen and oxygen atoms in total. The zero-order valence-electron chi connectivity index (χ0n) is 12.0. The van der Waals surface area contributed by atoms with Gasteiger partial charge >= 0.3 is 12.0 Å². The average Bonchev–Trinajstić information content (AvgIpc) is 2.74. The Labute approximate surface area is 124 Å². The number of nitrogens with zero attached hydrogens (tertiary/aromatic N) is 2. The van der Waals surface area contributed by atoms with Gasteiger partial charge < -0.3 is 15.3 Å². The molecule has 0 bridgehead atoms. The van der Waals surface area contributed by atoms with Crippen LogP contribution in [0.25, 0.3) is 0 Å². The van der Waals surface area contributed by atoms with Crippen molar-refractivity contribution in [2.45, 2.75) is 38.1 Å². The van der Waals surface area contributed by atoms with E-state index in [0.29, 0.717) is 25.9 Å². The predicted molar refractivity (Wildman–Crippen MR) is 77.9 cm³/mol. The fourth-order valence-electron chi connectivity index (χ4n) is 2.55. The minimum atomic E-state index is -0.920. The highest BCUT2D eigenvalue weighted by Crippen LogP contribution is 2.17. The number of pyridine rings is 1. The van der Waals surface area contributed by atoms with E-state index in [1.54, 1.807) is 6.20 Å². The van der Waals surface area contributed by atoms with Crippen LogP contribution in [0, 0.1) is 0 Å². The maximum absolute atomic E-state index is 12.2. The number of amides is 2. The highest BCUT2D eigenvalue weighted by molar-refractivity contribution is 5.82. The Balaban J connectivity index is 1.87. The smallest absolute Gasteiger partial charge is 0.326 e. The molecule has 114 valence electrons. The molecule has 0 saturated carbocycles. The van der Waals surface area contributed by atoms with Crippen LogP contribution in [-0.4, -0.2) is 46.1 Å². The molecule has 1 atom stereocenters. The summed E-state index contributed by atoms with van der Waals surface area (Å²) in [7, 11) is 0. The maximum Gasteiger partial charge on any atom is 0.326 e. The maximum atomic E-state index is 12.2. The predicted octanol–water partition coefficient (Wildman–Crippen LogP) is 1.66. The number of carboxylic acid groups (broad SMARTS) is 1. The Kier molecular flexibility index (Phi) is 5.54. The number of rotatable bonds is 4. The second kappa shape index (κ2) is 7.61. The van der Waals surface area contributed by atoms with Gasteiger partial charge in [0.25, 0.3) is 0 Å². The van der Waals surface area contributed by atoms with Crippen LogP contribution in [0.4, 0.5) is 4.79 Å². The molecule has 6 heteroatoms. The van der Waals surface area contributed by atoms with E-state index in [9.17, 15) is 14.7 Å². The number of likely N-dealkylation sites (tertiary alicyclic amines) is 1. The van der Waals surface area contributed by atoms with Crippen molar-refractivity contribution in [2.24, 2.45) is 0 Å². The van der Waals surface area contributed by atoms with E-state index in [1.807, 2.05) is 18.2 Å². The molecule has 1 aromatic rings. The Morgan fingerprint density at radius 2 is 2.19 bits per heavy atom. The first-order valence-corrected chi connectivity index (χ1v) is 7.35. The second-order valence-electron chi connectivity index (χ2n) is 5.20. The van der Waals surface area contributed by atoms with Gasteiger partial charge in [0, 0.05) is 31.4 Å². The molecule has 1 aliphatic rings. The van der Waals surface area contributed by atoms with Crippen LogP contribution < -0.4 is 5.32 Å². The summed E-state index contributed by atoms with van der Waals surface area (Å²) in [6.45, 7) is 0.963. The Hall–Kier alpha value is -2.11. The fourth-order valence-corrected chi connectivity index (χ4v) is 2.55. The summed E-state index contributed by atoms with van der Waals surface area (Å²) in [6, 6.07) is 4.65. The number of nitrogens with one attached hydrogen (secondary N) is 1. The van der Waals surface area contributed by atoms with Gasteiger partial charge in [0.05, 0.1) is 0 Å². The number of hydrogen-bond acceptors (Lipinski definition) is 3. The molecule has 0 radical (unpaired) electrons. The van der Waals surface area contributed by atoms with Crippen LogP contribution in [0.15, 0.2) is 24.4 Å². The first-order chi connectivity index (χ1) is 10.2. The molecule has 1 aliphatic heterocycles. The summed E-state index contributed by atoms with van der Waals surface area (Å²) in [5.74, 6) is -0.920. The molecule has 1 aromatic heterocycles. The Morgan fingerprint density at radius 3 is 2.90 bits per heavy atom. The van der Waals surface area contributed by atoms with Gasteiger partial charge in [-0.15, -0.1) is 0 Å². The lowest BCUT2D eigenvalue weighted by Crippen LogP contribution is -2.49. The third kappa shape index (κ3) is 4.44. The number of carbonyl (C=O) groups is 2. The quantitative estimate of drug-likeness (QED) is 0.884. The van der Waals surface area contributed by atoms with Gasteiger partial charge in [0.2, 0.25) is 0 Å². The Morgan fingerprint density at radius 1 is 1.33 bits per heavy atom. The molecule has 1 fully saturated rings. The minimum absolute atomic E-state index is 0.291. The summed E-state index contributed by atoms with van der Waals surface area (Å²) >= 11 is 0. The van der Waals surface area contributed by atoms with Crippen molar-refractivity contribution in [2.75, 3.05) is 13.1 Å². The molecule has 1 unspecified atom stereocenters. The molecule has 2 amide bonds. The number of carbonyl (C=O) groups excluding carboxylic acids is 1. The summed E-state index contributed by atoms with van der Waals surface area (Å²) < 4.78 is 0. The monoisotopic (exact) mass is 291 g/mol. The van der Waals surface area contributed by atoms with Gasteiger partial charge in [-0.2, -0.15) is 0 Å². The van der Waals surface area contributed by atoms with E-state index >= 15 is 0 Å². The lowest BCUT2D eigenvalue weighted by atomic mass is 10.1. The number of urea groups is 1. The van der Waals surface area contributed by atoms with Gasteiger partial charge in [0.15, 0.2) is 0 Å². The number of carboxylic acids is 1. The van der Waals surface area contributed by atoms with Crippen molar-refractivity contribution in [1.82, 2.24) is 15.2 Å². The lowest BCUT2D eigenvalue weighted by Gasteiger charge is -2.27. The van der Waals surface area contributed by atoms with Gasteiger partial charge in [-0.25, -0.2) is 9.59 Å². The molecule has 2 heterocycles. The van der Waals surface area contributed by atoms with Crippen molar-refractivity contribution < 1.29 is 14.7 Å². The van der Waals surface area contributed by atoms with Crippen LogP contribution in [-0.2, 0) is 11.2 Å². The van der Waals surface area contributed by atoms with E-state index in [-0.39, 0.29) is 6.03 Å². The van der Waals surface area contributed by atoms with Crippen LogP contribution >= 0.6 is 0 Å². The van der Waals surface area contributed by atoms with Crippen LogP contribution in [0.3, 0.4) is 0 Å². The van der Waals surface area contributed by atoms with E-state index in [2.05, 4.69) is 10.3 Å². The van der Waals surface area contributed by atoms with Gasteiger partial charge in [-0.05, 0) is 25.0 Å². The van der Waals surface area contributed by atoms with Gasteiger partial charge in [-0.3, -0.25) is 4.98 Å². The number of aliphatic carboxylic acids is 1. The third-order valence-corrected chi connectivity index (χ3v) is 3.68. The van der Waals surface area contributed by atoms with E-state index in [4.69, 9.17) is 0 Å². The first-order valence-electron chi connectivity index (χ1n) is 7.35. The van der Waals surface area contributed by atoms with E-state index in [1.165, 1.54) is 4.90 Å². The van der Waals surface area contributed by atoms with Crippen molar-refractivity contribution in [3.05, 3.63) is 30.1 Å². The summed E-state index contributed by atoms with van der Waals surface area (Å²) in [6.07, 6.45) is 5.57. The van der Waals surface area contributed by atoms with Crippen LogP contribution in [0.2, 0.25) is 0 Å². The van der Waals surface area contributed by atoms with Crippen molar-refractivity contribution in [3.8, 4) is 0 Å². The normalized spacial score (nSPS) is 18.9. The van der Waals surface area contributed by atoms with Crippen LogP contribution in [0.1, 0.15) is 31.4 Å². The largest absolute Gasteiger partial charge is 0.480 e. The lowest BCUT2D eigenvalue weighted by molar-refractivity contribution is -0.142. The van der Waals surface area contributed by atoms with E-state index < -0.39 is 12.0 Å². The molecule has 21 heavy (non-hydrogen) atoms. The standard InChI is InChI=1S/C15H21N3O3/c19-14(20)13-7-2-1-5-11-18(13)15(21)17-10-8-12-6-3-4-9-16-12/h3-4,6,9,13H,1-2,5,7-8,10-11H2,(H,17,21)(H,19,20). The van der Waals surface area contributed by atoms with Crippen molar-refractivity contribution in [1.29, 1.82) is 0 Å². The first kappa shape index (κ1) is 15.3. The molecule has 1 saturated heterocycles. The zero-order valence-corrected chi connectivity index (χ0v) is 12.0. The molecule has 0 aliphatic carbocycles. The minimum Gasteiger partial charge on any atom is -0.480 e. The topological polar surface area (TPSA) is 82.5 Å². The second-order valence-corrected chi connectivity index (χ2v) is 5.20. The SMILES string of the molecule is O=C(O)C1CCCCCN1C(=O)NCCc1ccccn1.